The quantitative estimate of drug-likeness (QED) is 0.821. The van der Waals surface area contributed by atoms with Crippen molar-refractivity contribution in [1.82, 2.24) is 15.5 Å². The largest absolute Gasteiger partial charge is 0.481 e. The second-order valence-corrected chi connectivity index (χ2v) is 4.69. The van der Waals surface area contributed by atoms with Crippen molar-refractivity contribution in [3.05, 3.63) is 23.9 Å². The van der Waals surface area contributed by atoms with Gasteiger partial charge in [-0.1, -0.05) is 5.16 Å². The second-order valence-electron chi connectivity index (χ2n) is 4.69. The van der Waals surface area contributed by atoms with Crippen LogP contribution in [0.2, 0.25) is 0 Å². The number of methoxy groups -OCH3 is 2. The lowest BCUT2D eigenvalue weighted by atomic mass is 10.1. The van der Waals surface area contributed by atoms with Gasteiger partial charge in [-0.05, 0) is 13.0 Å². The minimum Gasteiger partial charge on any atom is -0.481 e. The Morgan fingerprint density at radius 2 is 2.23 bits per heavy atom. The molecule has 0 aliphatic rings. The van der Waals surface area contributed by atoms with Gasteiger partial charge in [0.25, 0.3) is 5.91 Å². The van der Waals surface area contributed by atoms with Gasteiger partial charge in [0.2, 0.25) is 11.8 Å². The van der Waals surface area contributed by atoms with Gasteiger partial charge in [0, 0.05) is 31.0 Å². The van der Waals surface area contributed by atoms with Crippen LogP contribution in [0.3, 0.4) is 0 Å². The third-order valence-corrected chi connectivity index (χ3v) is 2.96. The normalized spacial score (nSPS) is 12.0. The van der Waals surface area contributed by atoms with Gasteiger partial charge in [-0.15, -0.1) is 0 Å². The Bertz CT molecular complexity index is 639. The van der Waals surface area contributed by atoms with Gasteiger partial charge in [-0.3, -0.25) is 4.79 Å². The van der Waals surface area contributed by atoms with E-state index in [0.717, 1.165) is 0 Å². The van der Waals surface area contributed by atoms with E-state index in [4.69, 9.17) is 19.7 Å². The van der Waals surface area contributed by atoms with Gasteiger partial charge >= 0.3 is 0 Å². The monoisotopic (exact) mass is 306 g/mol. The molecule has 22 heavy (non-hydrogen) atoms. The number of rotatable bonds is 6. The number of amides is 1. The molecule has 118 valence electrons. The lowest BCUT2D eigenvalue weighted by Crippen LogP contribution is -2.36. The molecule has 0 radical (unpaired) electrons. The molecular formula is C14H18N4O4. The van der Waals surface area contributed by atoms with E-state index in [1.807, 2.05) is 6.92 Å². The number of ether oxygens (including phenoxy) is 2. The lowest BCUT2D eigenvalue weighted by Gasteiger charge is -2.12. The number of hydrogen-bond donors (Lipinski definition) is 2. The van der Waals surface area contributed by atoms with Crippen molar-refractivity contribution < 1.29 is 18.8 Å². The molecule has 2 heterocycles. The molecule has 0 aromatic carbocycles. The SMILES string of the molecule is COCC(C)NC(=O)c1c(-c2ccc(OC)nc2)noc1N. The number of nitrogens with two attached hydrogens (primary N) is 1. The van der Waals surface area contributed by atoms with Crippen LogP contribution in [-0.4, -0.2) is 42.9 Å². The first-order valence-electron chi connectivity index (χ1n) is 6.62. The Hall–Kier alpha value is -2.61. The maximum absolute atomic E-state index is 12.3. The van der Waals surface area contributed by atoms with E-state index in [2.05, 4.69) is 15.5 Å². The summed E-state index contributed by atoms with van der Waals surface area (Å²) in [5.74, 6) is 0.0296. The van der Waals surface area contributed by atoms with Crippen molar-refractivity contribution in [3.63, 3.8) is 0 Å². The summed E-state index contributed by atoms with van der Waals surface area (Å²) >= 11 is 0. The minimum absolute atomic E-state index is 0.0482. The highest BCUT2D eigenvalue weighted by Gasteiger charge is 2.23. The van der Waals surface area contributed by atoms with Crippen molar-refractivity contribution in [3.8, 4) is 17.1 Å². The molecule has 2 rings (SSSR count). The highest BCUT2D eigenvalue weighted by Crippen LogP contribution is 2.27. The van der Waals surface area contributed by atoms with E-state index in [0.29, 0.717) is 23.7 Å². The predicted octanol–water partition coefficient (Wildman–Crippen LogP) is 1.09. The van der Waals surface area contributed by atoms with Crippen LogP contribution in [0.15, 0.2) is 22.9 Å². The van der Waals surface area contributed by atoms with Crippen molar-refractivity contribution in [2.45, 2.75) is 13.0 Å². The predicted molar refractivity (Wildman–Crippen MR) is 79.5 cm³/mol. The first-order chi connectivity index (χ1) is 10.6. The molecule has 0 bridgehead atoms. The van der Waals surface area contributed by atoms with E-state index in [1.165, 1.54) is 13.3 Å². The summed E-state index contributed by atoms with van der Waals surface area (Å²) in [6.07, 6.45) is 1.53. The maximum atomic E-state index is 12.3. The molecule has 1 unspecified atom stereocenters. The van der Waals surface area contributed by atoms with Gasteiger partial charge in [0.1, 0.15) is 11.3 Å². The molecule has 3 N–H and O–H groups in total. The molecule has 0 saturated heterocycles. The number of nitrogens with zero attached hydrogens (tertiary/aromatic N) is 2. The summed E-state index contributed by atoms with van der Waals surface area (Å²) in [5.41, 5.74) is 6.83. The minimum atomic E-state index is -0.380. The van der Waals surface area contributed by atoms with Crippen molar-refractivity contribution in [1.29, 1.82) is 0 Å². The third-order valence-electron chi connectivity index (χ3n) is 2.96. The Balaban J connectivity index is 2.28. The Kier molecular flexibility index (Phi) is 4.95. The molecule has 0 saturated carbocycles. The van der Waals surface area contributed by atoms with Crippen LogP contribution in [0.25, 0.3) is 11.3 Å². The first-order valence-corrected chi connectivity index (χ1v) is 6.62. The Morgan fingerprint density at radius 1 is 1.45 bits per heavy atom. The van der Waals surface area contributed by atoms with Gasteiger partial charge in [-0.2, -0.15) is 0 Å². The van der Waals surface area contributed by atoms with Crippen LogP contribution in [0.4, 0.5) is 5.88 Å². The third kappa shape index (κ3) is 3.34. The number of carbonyl (C=O) groups excluding carboxylic acids is 1. The van der Waals surface area contributed by atoms with Crippen molar-refractivity contribution in [2.24, 2.45) is 0 Å². The lowest BCUT2D eigenvalue weighted by molar-refractivity contribution is 0.0906. The smallest absolute Gasteiger partial charge is 0.259 e. The Morgan fingerprint density at radius 3 is 2.82 bits per heavy atom. The van der Waals surface area contributed by atoms with Gasteiger partial charge < -0.3 is 25.0 Å². The molecule has 8 heteroatoms. The van der Waals surface area contributed by atoms with E-state index < -0.39 is 0 Å². The molecule has 0 fully saturated rings. The van der Waals surface area contributed by atoms with E-state index >= 15 is 0 Å². The summed E-state index contributed by atoms with van der Waals surface area (Å²) in [5, 5.41) is 6.61. The summed E-state index contributed by atoms with van der Waals surface area (Å²) in [6.45, 7) is 2.20. The topological polar surface area (TPSA) is 112 Å². The van der Waals surface area contributed by atoms with E-state index in [1.54, 1.807) is 19.2 Å². The standard InChI is InChI=1S/C14H18N4O4/c1-8(7-20-2)17-14(19)11-12(18-22-13(11)15)9-4-5-10(21-3)16-6-9/h4-6,8H,7,15H2,1-3H3,(H,17,19). The average Bonchev–Trinajstić information content (AvgIpc) is 2.89. The maximum Gasteiger partial charge on any atom is 0.259 e. The molecule has 8 nitrogen and oxygen atoms in total. The van der Waals surface area contributed by atoms with Gasteiger partial charge in [0.05, 0.1) is 13.7 Å². The number of nitrogen functional groups attached to an aromatic ring is 1. The molecule has 1 atom stereocenters. The molecule has 2 aromatic rings. The molecular weight excluding hydrogens is 288 g/mol. The number of carbonyl (C=O) groups is 1. The fourth-order valence-corrected chi connectivity index (χ4v) is 1.95. The Labute approximate surface area is 127 Å². The fourth-order valence-electron chi connectivity index (χ4n) is 1.95. The number of anilines is 1. The van der Waals surface area contributed by atoms with Crippen LogP contribution in [-0.2, 0) is 4.74 Å². The van der Waals surface area contributed by atoms with E-state index in [9.17, 15) is 4.79 Å². The van der Waals surface area contributed by atoms with Gasteiger partial charge in [-0.25, -0.2) is 4.98 Å². The number of pyridine rings is 1. The first kappa shape index (κ1) is 15.8. The van der Waals surface area contributed by atoms with Crippen LogP contribution < -0.4 is 15.8 Å². The summed E-state index contributed by atoms with van der Waals surface area (Å²) in [7, 11) is 3.08. The second kappa shape index (κ2) is 6.90. The van der Waals surface area contributed by atoms with E-state index in [-0.39, 0.29) is 23.4 Å². The van der Waals surface area contributed by atoms with Crippen LogP contribution in [0.1, 0.15) is 17.3 Å². The summed E-state index contributed by atoms with van der Waals surface area (Å²) < 4.78 is 14.9. The molecule has 1 amide bonds. The van der Waals surface area contributed by atoms with Gasteiger partial charge in [0.15, 0.2) is 0 Å². The zero-order chi connectivity index (χ0) is 16.1. The molecule has 0 spiro atoms. The average molecular weight is 306 g/mol. The zero-order valence-electron chi connectivity index (χ0n) is 12.6. The fraction of sp³-hybridized carbons (Fsp3) is 0.357. The molecule has 0 aliphatic carbocycles. The summed E-state index contributed by atoms with van der Waals surface area (Å²) in [4.78, 5) is 16.4. The van der Waals surface area contributed by atoms with Crippen molar-refractivity contribution in [2.75, 3.05) is 26.6 Å². The zero-order valence-corrected chi connectivity index (χ0v) is 12.6. The van der Waals surface area contributed by atoms with Crippen LogP contribution in [0, 0.1) is 0 Å². The van der Waals surface area contributed by atoms with Crippen LogP contribution >= 0.6 is 0 Å². The molecule has 0 aliphatic heterocycles. The number of aromatic nitrogens is 2. The van der Waals surface area contributed by atoms with Crippen LogP contribution in [0.5, 0.6) is 5.88 Å². The highest BCUT2D eigenvalue weighted by atomic mass is 16.5. The highest BCUT2D eigenvalue weighted by molar-refractivity contribution is 6.03. The molecule has 2 aromatic heterocycles. The number of nitrogens with one attached hydrogen (secondary N) is 1. The number of hydrogen-bond acceptors (Lipinski definition) is 7. The summed E-state index contributed by atoms with van der Waals surface area (Å²) in [6, 6.07) is 3.21. The van der Waals surface area contributed by atoms with Crippen molar-refractivity contribution >= 4 is 11.8 Å².